The third kappa shape index (κ3) is 4.15. The molecule has 5 heteroatoms. The molecule has 0 saturated carbocycles. The number of β-amino-alcohol motifs (C(OH)–C–C–N with tert-alkyl or cyclic N) is 1. The van der Waals surface area contributed by atoms with Crippen LogP contribution in [0.3, 0.4) is 0 Å². The molecule has 21 heavy (non-hydrogen) atoms. The second-order valence-electron chi connectivity index (χ2n) is 6.42. The summed E-state index contributed by atoms with van der Waals surface area (Å²) >= 11 is 0. The highest BCUT2D eigenvalue weighted by atomic mass is 19.1. The Morgan fingerprint density at radius 2 is 1.86 bits per heavy atom. The molecular formula is C16H25FN2O2. The van der Waals surface area contributed by atoms with E-state index in [4.69, 9.17) is 0 Å². The van der Waals surface area contributed by atoms with Crippen LogP contribution in [-0.4, -0.2) is 53.4 Å². The lowest BCUT2D eigenvalue weighted by molar-refractivity contribution is 0.0345. The van der Waals surface area contributed by atoms with Crippen molar-refractivity contribution in [3.63, 3.8) is 0 Å². The van der Waals surface area contributed by atoms with Crippen LogP contribution in [0.4, 0.5) is 10.1 Å². The van der Waals surface area contributed by atoms with Crippen molar-refractivity contribution >= 4 is 5.69 Å². The Morgan fingerprint density at radius 3 is 2.38 bits per heavy atom. The summed E-state index contributed by atoms with van der Waals surface area (Å²) in [6.07, 6.45) is -0.824. The summed E-state index contributed by atoms with van der Waals surface area (Å²) in [4.78, 5) is 4.31. The number of rotatable bonds is 4. The van der Waals surface area contributed by atoms with Gasteiger partial charge in [-0.2, -0.15) is 0 Å². The fourth-order valence-corrected chi connectivity index (χ4v) is 2.91. The van der Waals surface area contributed by atoms with Gasteiger partial charge in [-0.15, -0.1) is 0 Å². The molecule has 0 radical (unpaired) electrons. The molecule has 1 aliphatic heterocycles. The van der Waals surface area contributed by atoms with Gasteiger partial charge < -0.3 is 15.1 Å². The lowest BCUT2D eigenvalue weighted by Crippen LogP contribution is -2.50. The molecule has 1 aromatic rings. The van der Waals surface area contributed by atoms with Gasteiger partial charge in [0.15, 0.2) is 0 Å². The second-order valence-corrected chi connectivity index (χ2v) is 6.42. The monoisotopic (exact) mass is 296 g/mol. The zero-order valence-corrected chi connectivity index (χ0v) is 13.0. The number of benzene rings is 1. The number of piperazine rings is 1. The molecule has 4 nitrogen and oxygen atoms in total. The number of hydrogen-bond acceptors (Lipinski definition) is 4. The van der Waals surface area contributed by atoms with Crippen molar-refractivity contribution in [3.8, 4) is 0 Å². The van der Waals surface area contributed by atoms with E-state index < -0.39 is 11.7 Å². The van der Waals surface area contributed by atoms with Crippen molar-refractivity contribution in [2.24, 2.45) is 0 Å². The molecule has 1 atom stereocenters. The lowest BCUT2D eigenvalue weighted by Gasteiger charge is -2.39. The van der Waals surface area contributed by atoms with Crippen LogP contribution >= 0.6 is 0 Å². The maximum atomic E-state index is 13.9. The Morgan fingerprint density at radius 1 is 1.24 bits per heavy atom. The number of aliphatic hydroxyl groups excluding tert-OH is 1. The first-order valence-electron chi connectivity index (χ1n) is 7.44. The van der Waals surface area contributed by atoms with E-state index in [-0.39, 0.29) is 5.82 Å². The SMILES string of the molecule is CC(O)c1c(F)cccc1N1CCN(CC(C)(C)O)CC1. The smallest absolute Gasteiger partial charge is 0.131 e. The number of halogens is 1. The third-order valence-corrected chi connectivity index (χ3v) is 3.77. The number of aliphatic hydroxyl groups is 2. The molecule has 1 aliphatic rings. The molecule has 0 spiro atoms. The maximum absolute atomic E-state index is 13.9. The molecule has 0 amide bonds. The molecule has 1 unspecified atom stereocenters. The van der Waals surface area contributed by atoms with Gasteiger partial charge in [-0.05, 0) is 32.9 Å². The highest BCUT2D eigenvalue weighted by Crippen LogP contribution is 2.29. The highest BCUT2D eigenvalue weighted by Gasteiger charge is 2.25. The van der Waals surface area contributed by atoms with E-state index in [9.17, 15) is 14.6 Å². The van der Waals surface area contributed by atoms with Gasteiger partial charge in [-0.1, -0.05) is 6.07 Å². The molecule has 1 fully saturated rings. The van der Waals surface area contributed by atoms with E-state index in [1.165, 1.54) is 6.07 Å². The molecular weight excluding hydrogens is 271 g/mol. The summed E-state index contributed by atoms with van der Waals surface area (Å²) < 4.78 is 13.9. The van der Waals surface area contributed by atoms with E-state index in [0.29, 0.717) is 12.1 Å². The van der Waals surface area contributed by atoms with Gasteiger partial charge in [0, 0.05) is 44.0 Å². The second kappa shape index (κ2) is 6.30. The number of anilines is 1. The summed E-state index contributed by atoms with van der Waals surface area (Å²) in [7, 11) is 0. The van der Waals surface area contributed by atoms with E-state index >= 15 is 0 Å². The fraction of sp³-hybridized carbons (Fsp3) is 0.625. The van der Waals surface area contributed by atoms with Gasteiger partial charge in [0.05, 0.1) is 11.7 Å². The minimum Gasteiger partial charge on any atom is -0.389 e. The Kier molecular flexibility index (Phi) is 4.86. The minimum atomic E-state index is -0.824. The first-order chi connectivity index (χ1) is 9.78. The average molecular weight is 296 g/mol. The zero-order valence-electron chi connectivity index (χ0n) is 13.0. The summed E-state index contributed by atoms with van der Waals surface area (Å²) in [6.45, 7) is 8.99. The van der Waals surface area contributed by atoms with Crippen LogP contribution in [0.25, 0.3) is 0 Å². The van der Waals surface area contributed by atoms with Crippen molar-refractivity contribution in [2.45, 2.75) is 32.5 Å². The van der Waals surface area contributed by atoms with Gasteiger partial charge in [0.1, 0.15) is 5.82 Å². The quantitative estimate of drug-likeness (QED) is 0.889. The number of hydrogen-bond donors (Lipinski definition) is 2. The first-order valence-corrected chi connectivity index (χ1v) is 7.44. The highest BCUT2D eigenvalue weighted by molar-refractivity contribution is 5.55. The molecule has 0 aliphatic carbocycles. The average Bonchev–Trinajstić information content (AvgIpc) is 2.37. The molecule has 118 valence electrons. The maximum Gasteiger partial charge on any atom is 0.131 e. The molecule has 2 rings (SSSR count). The van der Waals surface area contributed by atoms with Crippen molar-refractivity contribution in [3.05, 3.63) is 29.6 Å². The van der Waals surface area contributed by atoms with Crippen LogP contribution in [0.2, 0.25) is 0 Å². The van der Waals surface area contributed by atoms with Gasteiger partial charge in [-0.3, -0.25) is 4.90 Å². The largest absolute Gasteiger partial charge is 0.389 e. The zero-order chi connectivity index (χ0) is 15.6. The van der Waals surface area contributed by atoms with Gasteiger partial charge in [0.2, 0.25) is 0 Å². The van der Waals surface area contributed by atoms with Gasteiger partial charge >= 0.3 is 0 Å². The van der Waals surface area contributed by atoms with Gasteiger partial charge in [-0.25, -0.2) is 4.39 Å². The predicted molar refractivity (Wildman–Crippen MR) is 82.0 cm³/mol. The Bertz CT molecular complexity index is 478. The summed E-state index contributed by atoms with van der Waals surface area (Å²) in [6, 6.07) is 4.92. The van der Waals surface area contributed by atoms with Gasteiger partial charge in [0.25, 0.3) is 0 Å². The molecule has 0 bridgehead atoms. The minimum absolute atomic E-state index is 0.360. The lowest BCUT2D eigenvalue weighted by atomic mass is 10.1. The Hall–Kier alpha value is -1.17. The van der Waals surface area contributed by atoms with Crippen LogP contribution in [-0.2, 0) is 0 Å². The molecule has 1 heterocycles. The van der Waals surface area contributed by atoms with Crippen LogP contribution in [0.5, 0.6) is 0 Å². The van der Waals surface area contributed by atoms with Crippen molar-refractivity contribution < 1.29 is 14.6 Å². The molecule has 0 aromatic heterocycles. The summed E-state index contributed by atoms with van der Waals surface area (Å²) in [5, 5.41) is 19.7. The Balaban J connectivity index is 2.08. The summed E-state index contributed by atoms with van der Waals surface area (Å²) in [5.74, 6) is -0.360. The Labute approximate surface area is 125 Å². The molecule has 1 saturated heterocycles. The topological polar surface area (TPSA) is 46.9 Å². The molecule has 1 aromatic carbocycles. The van der Waals surface area contributed by atoms with Crippen LogP contribution in [0, 0.1) is 5.82 Å². The van der Waals surface area contributed by atoms with E-state index in [0.717, 1.165) is 31.9 Å². The molecule has 2 N–H and O–H groups in total. The van der Waals surface area contributed by atoms with E-state index in [1.807, 2.05) is 6.07 Å². The van der Waals surface area contributed by atoms with E-state index in [1.54, 1.807) is 26.8 Å². The predicted octanol–water partition coefficient (Wildman–Crippen LogP) is 1.77. The fourth-order valence-electron chi connectivity index (χ4n) is 2.91. The normalized spacial score (nSPS) is 18.9. The van der Waals surface area contributed by atoms with Crippen LogP contribution in [0.1, 0.15) is 32.4 Å². The third-order valence-electron chi connectivity index (χ3n) is 3.77. The van der Waals surface area contributed by atoms with E-state index in [2.05, 4.69) is 9.80 Å². The van der Waals surface area contributed by atoms with Crippen LogP contribution < -0.4 is 4.90 Å². The first kappa shape index (κ1) is 16.2. The van der Waals surface area contributed by atoms with Crippen molar-refractivity contribution in [1.82, 2.24) is 4.90 Å². The summed E-state index contributed by atoms with van der Waals surface area (Å²) in [5.41, 5.74) is 0.438. The van der Waals surface area contributed by atoms with Crippen molar-refractivity contribution in [1.29, 1.82) is 0 Å². The standard InChI is InChI=1S/C16H25FN2O2/c1-12(20)15-13(17)5-4-6-14(15)19-9-7-18(8-10-19)11-16(2,3)21/h4-6,12,20-21H,7-11H2,1-3H3. The van der Waals surface area contributed by atoms with Crippen LogP contribution in [0.15, 0.2) is 18.2 Å². The number of nitrogens with zero attached hydrogens (tertiary/aromatic N) is 2. The van der Waals surface area contributed by atoms with Crippen molar-refractivity contribution in [2.75, 3.05) is 37.6 Å².